The predicted molar refractivity (Wildman–Crippen MR) is 88.7 cm³/mol. The Labute approximate surface area is 144 Å². The van der Waals surface area contributed by atoms with E-state index >= 15 is 0 Å². The summed E-state index contributed by atoms with van der Waals surface area (Å²) in [4.78, 5) is 41.7. The molecule has 0 aliphatic heterocycles. The van der Waals surface area contributed by atoms with Crippen LogP contribution in [0.5, 0.6) is 0 Å². The van der Waals surface area contributed by atoms with Crippen molar-refractivity contribution in [2.75, 3.05) is 24.7 Å². The Kier molecular flexibility index (Phi) is 5.93. The van der Waals surface area contributed by atoms with E-state index < -0.39 is 18.3 Å². The molecule has 0 bridgehead atoms. The van der Waals surface area contributed by atoms with E-state index in [0.29, 0.717) is 15.9 Å². The molecule has 0 aliphatic rings. The molecule has 9 nitrogen and oxygen atoms in total. The van der Waals surface area contributed by atoms with E-state index in [1.54, 1.807) is 45.0 Å². The van der Waals surface area contributed by atoms with Gasteiger partial charge in [0.2, 0.25) is 5.95 Å². The van der Waals surface area contributed by atoms with Gasteiger partial charge < -0.3 is 14.2 Å². The summed E-state index contributed by atoms with van der Waals surface area (Å²) in [6.45, 7) is 5.02. The summed E-state index contributed by atoms with van der Waals surface area (Å²) in [6, 6.07) is 6.68. The zero-order chi connectivity index (χ0) is 18.4. The second kappa shape index (κ2) is 8.13. The zero-order valence-corrected chi connectivity index (χ0v) is 14.2. The lowest BCUT2D eigenvalue weighted by Gasteiger charge is -2.19. The van der Waals surface area contributed by atoms with Crippen molar-refractivity contribution in [3.05, 3.63) is 24.3 Å². The fourth-order valence-electron chi connectivity index (χ4n) is 2.15. The molecule has 2 amide bonds. The molecule has 0 aliphatic carbocycles. The van der Waals surface area contributed by atoms with Crippen molar-refractivity contribution in [3.63, 3.8) is 0 Å². The first-order valence-corrected chi connectivity index (χ1v) is 7.83. The molecule has 1 heterocycles. The smallest absolute Gasteiger partial charge is 0.426 e. The van der Waals surface area contributed by atoms with Crippen LogP contribution in [0.1, 0.15) is 20.8 Å². The van der Waals surface area contributed by atoms with E-state index in [-0.39, 0.29) is 25.8 Å². The van der Waals surface area contributed by atoms with Crippen LogP contribution < -0.4 is 4.90 Å². The van der Waals surface area contributed by atoms with Gasteiger partial charge in [0.05, 0.1) is 30.9 Å². The average molecular weight is 349 g/mol. The monoisotopic (exact) mass is 349 g/mol. The molecule has 25 heavy (non-hydrogen) atoms. The number of aromatic nitrogens is 2. The molecular weight excluding hydrogens is 330 g/mol. The summed E-state index contributed by atoms with van der Waals surface area (Å²) in [7, 11) is 0. The van der Waals surface area contributed by atoms with Crippen LogP contribution in [0.25, 0.3) is 11.0 Å². The number of nitrogens with zero attached hydrogens (tertiary/aromatic N) is 3. The third kappa shape index (κ3) is 3.70. The lowest BCUT2D eigenvalue weighted by atomic mass is 10.3. The van der Waals surface area contributed by atoms with Crippen molar-refractivity contribution in [1.29, 1.82) is 0 Å². The number of para-hydroxylation sites is 2. The number of anilines is 1. The number of carbonyl (C=O) groups excluding carboxylic acids is 3. The molecule has 0 spiro atoms. The first-order chi connectivity index (χ1) is 12.0. The maximum absolute atomic E-state index is 12.4. The van der Waals surface area contributed by atoms with Crippen LogP contribution in [-0.2, 0) is 14.2 Å². The highest BCUT2D eigenvalue weighted by Gasteiger charge is 2.33. The quantitative estimate of drug-likeness (QED) is 0.782. The third-order valence-electron chi connectivity index (χ3n) is 3.09. The Balaban J connectivity index is 2.64. The van der Waals surface area contributed by atoms with Gasteiger partial charge in [-0.3, -0.25) is 0 Å². The van der Waals surface area contributed by atoms with Crippen molar-refractivity contribution in [1.82, 2.24) is 9.55 Å². The van der Waals surface area contributed by atoms with Gasteiger partial charge in [0.15, 0.2) is 0 Å². The summed E-state index contributed by atoms with van der Waals surface area (Å²) in [5.41, 5.74) is 0.790. The van der Waals surface area contributed by atoms with Crippen molar-refractivity contribution in [3.8, 4) is 0 Å². The van der Waals surface area contributed by atoms with Crippen molar-refractivity contribution in [2.45, 2.75) is 20.8 Å². The maximum atomic E-state index is 12.4. The highest BCUT2D eigenvalue weighted by Crippen LogP contribution is 2.24. The maximum Gasteiger partial charge on any atom is 0.426 e. The Morgan fingerprint density at radius 3 is 2.08 bits per heavy atom. The van der Waals surface area contributed by atoms with Gasteiger partial charge in [0.25, 0.3) is 0 Å². The standard InChI is InChI=1S/C16H19N3O6/c1-4-23-14(20)18-12-10-8-7-9-11(12)17-13(18)19(15(21)24-5-2)16(22)25-6-3/h7-10H,4-6H2,1-3H3. The third-order valence-corrected chi connectivity index (χ3v) is 3.09. The minimum absolute atomic E-state index is 0.0361. The predicted octanol–water partition coefficient (Wildman–Crippen LogP) is 3.16. The van der Waals surface area contributed by atoms with E-state index in [1.165, 1.54) is 0 Å². The van der Waals surface area contributed by atoms with Gasteiger partial charge in [-0.2, -0.15) is 0 Å². The Hall–Kier alpha value is -3.10. The largest absolute Gasteiger partial charge is 0.449 e. The van der Waals surface area contributed by atoms with Crippen LogP contribution >= 0.6 is 0 Å². The Bertz CT molecular complexity index is 767. The second-order valence-electron chi connectivity index (χ2n) is 4.67. The van der Waals surface area contributed by atoms with Crippen LogP contribution in [0.4, 0.5) is 20.3 Å². The Morgan fingerprint density at radius 2 is 1.52 bits per heavy atom. The molecule has 0 fully saturated rings. The minimum Gasteiger partial charge on any atom is -0.449 e. The number of hydrogen-bond acceptors (Lipinski definition) is 7. The number of imide groups is 1. The molecule has 9 heteroatoms. The fourth-order valence-corrected chi connectivity index (χ4v) is 2.15. The molecule has 2 rings (SSSR count). The first kappa shape index (κ1) is 18.2. The van der Waals surface area contributed by atoms with Gasteiger partial charge in [-0.25, -0.2) is 23.9 Å². The van der Waals surface area contributed by atoms with Crippen molar-refractivity contribution in [2.24, 2.45) is 0 Å². The number of imidazole rings is 1. The lowest BCUT2D eigenvalue weighted by molar-refractivity contribution is 0.139. The molecule has 0 N–H and O–H groups in total. The number of benzene rings is 1. The van der Waals surface area contributed by atoms with Crippen molar-refractivity contribution < 1.29 is 28.6 Å². The number of rotatable bonds is 4. The summed E-state index contributed by atoms with van der Waals surface area (Å²) in [6.07, 6.45) is -2.77. The average Bonchev–Trinajstić information content (AvgIpc) is 2.94. The normalized spacial score (nSPS) is 10.4. The van der Waals surface area contributed by atoms with Gasteiger partial charge in [0.1, 0.15) is 0 Å². The molecule has 2 aromatic rings. The van der Waals surface area contributed by atoms with Gasteiger partial charge in [0, 0.05) is 0 Å². The van der Waals surface area contributed by atoms with Gasteiger partial charge in [-0.05, 0) is 32.9 Å². The summed E-state index contributed by atoms with van der Waals surface area (Å²) in [5, 5.41) is 0. The molecule has 1 aromatic carbocycles. The topological polar surface area (TPSA) is 100.0 Å². The molecule has 0 radical (unpaired) electrons. The first-order valence-electron chi connectivity index (χ1n) is 7.83. The van der Waals surface area contributed by atoms with Gasteiger partial charge in [-0.1, -0.05) is 12.1 Å². The molecule has 0 saturated carbocycles. The molecule has 1 aromatic heterocycles. The molecular formula is C16H19N3O6. The van der Waals surface area contributed by atoms with Gasteiger partial charge >= 0.3 is 18.3 Å². The van der Waals surface area contributed by atoms with Crippen LogP contribution in [0.3, 0.4) is 0 Å². The van der Waals surface area contributed by atoms with Crippen LogP contribution in [0.2, 0.25) is 0 Å². The summed E-state index contributed by atoms with van der Waals surface area (Å²) in [5.74, 6) is -0.253. The van der Waals surface area contributed by atoms with Crippen LogP contribution in [-0.4, -0.2) is 47.7 Å². The van der Waals surface area contributed by atoms with Crippen LogP contribution in [0.15, 0.2) is 24.3 Å². The highest BCUT2D eigenvalue weighted by atomic mass is 16.6. The number of fused-ring (bicyclic) bond motifs is 1. The number of ether oxygens (including phenoxy) is 3. The number of carbonyl (C=O) groups is 3. The fraction of sp³-hybridized carbons (Fsp3) is 0.375. The lowest BCUT2D eigenvalue weighted by Crippen LogP contribution is -2.40. The van der Waals surface area contributed by atoms with E-state index in [4.69, 9.17) is 14.2 Å². The summed E-state index contributed by atoms with van der Waals surface area (Å²) < 4.78 is 15.8. The zero-order valence-electron chi connectivity index (χ0n) is 14.2. The minimum atomic E-state index is -0.998. The molecule has 134 valence electrons. The van der Waals surface area contributed by atoms with E-state index in [1.807, 2.05) is 0 Å². The van der Waals surface area contributed by atoms with Gasteiger partial charge in [-0.15, -0.1) is 4.90 Å². The van der Waals surface area contributed by atoms with Crippen LogP contribution in [0, 0.1) is 0 Å². The SMILES string of the molecule is CCOC(=O)N(C(=O)OCC)c1nc2ccccc2n1C(=O)OCC. The Morgan fingerprint density at radius 1 is 0.960 bits per heavy atom. The number of hydrogen-bond donors (Lipinski definition) is 0. The van der Waals surface area contributed by atoms with E-state index in [9.17, 15) is 14.4 Å². The van der Waals surface area contributed by atoms with E-state index in [0.717, 1.165) is 4.57 Å². The molecule has 0 unspecified atom stereocenters. The summed E-state index contributed by atoms with van der Waals surface area (Å²) >= 11 is 0. The molecule has 0 atom stereocenters. The molecule has 0 saturated heterocycles. The van der Waals surface area contributed by atoms with Crippen molar-refractivity contribution >= 4 is 35.3 Å². The van der Waals surface area contributed by atoms with E-state index in [2.05, 4.69) is 4.98 Å². The highest BCUT2D eigenvalue weighted by molar-refractivity contribution is 6.10. The second-order valence-corrected chi connectivity index (χ2v) is 4.67. The number of amides is 2.